The third kappa shape index (κ3) is 3.81. The topological polar surface area (TPSA) is 70.3 Å². The molecule has 5 nitrogen and oxygen atoms in total. The average Bonchev–Trinajstić information content (AvgIpc) is 2.17. The fourth-order valence-corrected chi connectivity index (χ4v) is 1.23. The first-order valence-corrected chi connectivity index (χ1v) is 4.79. The molecular weight excluding hydrogens is 194 g/mol. The Morgan fingerprint density at radius 2 is 2.13 bits per heavy atom. The van der Waals surface area contributed by atoms with Gasteiger partial charge >= 0.3 is 0 Å². The molecule has 0 aliphatic heterocycles. The van der Waals surface area contributed by atoms with Crippen LogP contribution < -0.4 is 5.73 Å². The van der Waals surface area contributed by atoms with Crippen LogP contribution in [0.4, 0.5) is 5.82 Å². The summed E-state index contributed by atoms with van der Waals surface area (Å²) < 4.78 is 10.1. The van der Waals surface area contributed by atoms with Gasteiger partial charge in [-0.05, 0) is 6.92 Å². The lowest BCUT2D eigenvalue weighted by Gasteiger charge is -2.09. The summed E-state index contributed by atoms with van der Waals surface area (Å²) in [4.78, 5) is 8.45. The molecule has 1 aromatic heterocycles. The largest absolute Gasteiger partial charge is 0.384 e. The molecule has 0 radical (unpaired) electrons. The van der Waals surface area contributed by atoms with Crippen molar-refractivity contribution in [2.75, 3.05) is 20.0 Å². The summed E-state index contributed by atoms with van der Waals surface area (Å²) in [7, 11) is 3.28. The van der Waals surface area contributed by atoms with Gasteiger partial charge in [0.1, 0.15) is 11.6 Å². The number of ether oxygens (including phenoxy) is 2. The molecule has 15 heavy (non-hydrogen) atoms. The Balaban J connectivity index is 2.78. The SMILES string of the molecule is COCc1cc(N)nc(CC(C)OC)n1. The molecule has 0 saturated carbocycles. The minimum absolute atomic E-state index is 0.0854. The van der Waals surface area contributed by atoms with E-state index >= 15 is 0 Å². The van der Waals surface area contributed by atoms with E-state index in [-0.39, 0.29) is 6.10 Å². The molecule has 0 aliphatic rings. The lowest BCUT2D eigenvalue weighted by Crippen LogP contribution is -2.13. The maximum atomic E-state index is 5.66. The second kappa shape index (κ2) is 5.63. The summed E-state index contributed by atoms with van der Waals surface area (Å²) in [5.41, 5.74) is 6.45. The number of nitrogens with two attached hydrogens (primary N) is 1. The molecule has 2 N–H and O–H groups in total. The van der Waals surface area contributed by atoms with Crippen LogP contribution in [0.5, 0.6) is 0 Å². The van der Waals surface area contributed by atoms with Crippen molar-refractivity contribution >= 4 is 5.82 Å². The van der Waals surface area contributed by atoms with Crippen molar-refractivity contribution < 1.29 is 9.47 Å². The zero-order valence-electron chi connectivity index (χ0n) is 9.36. The molecule has 1 atom stereocenters. The first kappa shape index (κ1) is 11.9. The normalized spacial score (nSPS) is 12.7. The van der Waals surface area contributed by atoms with Gasteiger partial charge in [-0.2, -0.15) is 0 Å². The van der Waals surface area contributed by atoms with Crippen molar-refractivity contribution in [2.45, 2.75) is 26.1 Å². The molecule has 0 spiro atoms. The van der Waals surface area contributed by atoms with Crippen molar-refractivity contribution in [3.63, 3.8) is 0 Å². The fraction of sp³-hybridized carbons (Fsp3) is 0.600. The molecule has 1 rings (SSSR count). The molecule has 1 unspecified atom stereocenters. The van der Waals surface area contributed by atoms with E-state index in [0.29, 0.717) is 24.7 Å². The highest BCUT2D eigenvalue weighted by molar-refractivity contribution is 5.29. The van der Waals surface area contributed by atoms with E-state index in [2.05, 4.69) is 9.97 Å². The van der Waals surface area contributed by atoms with Crippen LogP contribution >= 0.6 is 0 Å². The summed E-state index contributed by atoms with van der Waals surface area (Å²) in [6.07, 6.45) is 0.736. The predicted octanol–water partition coefficient (Wildman–Crippen LogP) is 0.783. The quantitative estimate of drug-likeness (QED) is 0.779. The summed E-state index contributed by atoms with van der Waals surface area (Å²) >= 11 is 0. The number of aromatic nitrogens is 2. The molecule has 0 aliphatic carbocycles. The van der Waals surface area contributed by atoms with E-state index in [1.807, 2.05) is 6.92 Å². The van der Waals surface area contributed by atoms with Gasteiger partial charge in [0.25, 0.3) is 0 Å². The summed E-state index contributed by atoms with van der Waals surface area (Å²) in [6.45, 7) is 2.41. The molecule has 0 fully saturated rings. The van der Waals surface area contributed by atoms with Crippen LogP contribution in [-0.4, -0.2) is 30.3 Å². The van der Waals surface area contributed by atoms with Gasteiger partial charge in [0.05, 0.1) is 18.4 Å². The Hall–Kier alpha value is -1.20. The molecule has 0 aromatic carbocycles. The van der Waals surface area contributed by atoms with Crippen molar-refractivity contribution in [1.29, 1.82) is 0 Å². The van der Waals surface area contributed by atoms with Gasteiger partial charge in [-0.3, -0.25) is 0 Å². The van der Waals surface area contributed by atoms with Crippen molar-refractivity contribution in [2.24, 2.45) is 0 Å². The van der Waals surface area contributed by atoms with E-state index in [1.54, 1.807) is 20.3 Å². The number of hydrogen-bond acceptors (Lipinski definition) is 5. The molecule has 0 bridgehead atoms. The Morgan fingerprint density at radius 1 is 1.40 bits per heavy atom. The van der Waals surface area contributed by atoms with Crippen molar-refractivity contribution in [3.8, 4) is 0 Å². The van der Waals surface area contributed by atoms with Gasteiger partial charge in [-0.15, -0.1) is 0 Å². The number of hydrogen-bond donors (Lipinski definition) is 1. The Morgan fingerprint density at radius 3 is 2.73 bits per heavy atom. The zero-order chi connectivity index (χ0) is 11.3. The fourth-order valence-electron chi connectivity index (χ4n) is 1.23. The van der Waals surface area contributed by atoms with Crippen LogP contribution in [-0.2, 0) is 22.5 Å². The van der Waals surface area contributed by atoms with Gasteiger partial charge in [0.2, 0.25) is 0 Å². The molecule has 1 heterocycles. The highest BCUT2D eigenvalue weighted by Gasteiger charge is 2.07. The van der Waals surface area contributed by atoms with E-state index in [9.17, 15) is 0 Å². The number of nitrogens with zero attached hydrogens (tertiary/aromatic N) is 2. The Labute approximate surface area is 89.6 Å². The molecule has 1 aromatic rings. The van der Waals surface area contributed by atoms with E-state index in [1.165, 1.54) is 0 Å². The maximum Gasteiger partial charge on any atom is 0.133 e. The first-order valence-electron chi connectivity index (χ1n) is 4.79. The van der Waals surface area contributed by atoms with E-state index in [4.69, 9.17) is 15.2 Å². The van der Waals surface area contributed by atoms with E-state index in [0.717, 1.165) is 5.69 Å². The van der Waals surface area contributed by atoms with Crippen LogP contribution in [0.1, 0.15) is 18.4 Å². The first-order chi connectivity index (χ1) is 7.15. The third-order valence-electron chi connectivity index (χ3n) is 2.01. The number of methoxy groups -OCH3 is 2. The summed E-state index contributed by atoms with van der Waals surface area (Å²) in [5.74, 6) is 1.16. The van der Waals surface area contributed by atoms with Gasteiger partial charge < -0.3 is 15.2 Å². The average molecular weight is 211 g/mol. The summed E-state index contributed by atoms with van der Waals surface area (Å²) in [6, 6.07) is 1.71. The molecule has 0 saturated heterocycles. The highest BCUT2D eigenvalue weighted by atomic mass is 16.5. The van der Waals surface area contributed by atoms with Crippen LogP contribution in [0.25, 0.3) is 0 Å². The van der Waals surface area contributed by atoms with Gasteiger partial charge in [0, 0.05) is 26.7 Å². The number of nitrogen functional groups attached to an aromatic ring is 1. The van der Waals surface area contributed by atoms with Crippen LogP contribution in [0, 0.1) is 0 Å². The standard InChI is InChI=1S/C10H17N3O2/c1-7(15-3)4-10-12-8(6-14-2)5-9(11)13-10/h5,7H,4,6H2,1-3H3,(H2,11,12,13). The molecule has 84 valence electrons. The molecular formula is C10H17N3O2. The van der Waals surface area contributed by atoms with Gasteiger partial charge in [-0.25, -0.2) is 9.97 Å². The second-order valence-corrected chi connectivity index (χ2v) is 3.38. The Kier molecular flexibility index (Phi) is 4.45. The third-order valence-corrected chi connectivity index (χ3v) is 2.01. The van der Waals surface area contributed by atoms with Crippen LogP contribution in [0.3, 0.4) is 0 Å². The monoisotopic (exact) mass is 211 g/mol. The van der Waals surface area contributed by atoms with Crippen molar-refractivity contribution in [3.05, 3.63) is 17.6 Å². The minimum Gasteiger partial charge on any atom is -0.384 e. The number of anilines is 1. The maximum absolute atomic E-state index is 5.66. The van der Waals surface area contributed by atoms with Crippen LogP contribution in [0.2, 0.25) is 0 Å². The lowest BCUT2D eigenvalue weighted by atomic mass is 10.2. The number of rotatable bonds is 5. The summed E-state index contributed by atoms with van der Waals surface area (Å²) in [5, 5.41) is 0. The van der Waals surface area contributed by atoms with E-state index < -0.39 is 0 Å². The highest BCUT2D eigenvalue weighted by Crippen LogP contribution is 2.07. The molecule has 0 amide bonds. The van der Waals surface area contributed by atoms with Crippen molar-refractivity contribution in [1.82, 2.24) is 9.97 Å². The molecule has 5 heteroatoms. The lowest BCUT2D eigenvalue weighted by molar-refractivity contribution is 0.117. The van der Waals surface area contributed by atoms with Crippen LogP contribution in [0.15, 0.2) is 6.07 Å². The minimum atomic E-state index is 0.0854. The Bertz CT molecular complexity index is 318. The zero-order valence-corrected chi connectivity index (χ0v) is 9.36. The predicted molar refractivity (Wildman–Crippen MR) is 57.3 cm³/mol. The van der Waals surface area contributed by atoms with Gasteiger partial charge in [0.15, 0.2) is 0 Å². The smallest absolute Gasteiger partial charge is 0.133 e. The second-order valence-electron chi connectivity index (χ2n) is 3.38. The van der Waals surface area contributed by atoms with Gasteiger partial charge in [-0.1, -0.05) is 0 Å².